The number of aromatic carboxylic acids is 1. The highest BCUT2D eigenvalue weighted by atomic mass is 35.5. The fraction of sp³-hybridized carbons (Fsp3) is 0.381. The SMILES string of the molecule is COC(OC)C1(COc2cc(F)c(C(=O)O)cc2N)CCCc2cc(Cl)ccc21. The number of nitrogen functional groups attached to an aromatic ring is 1. The predicted octanol–water partition coefficient (Wildman–Crippen LogP) is 4.03. The number of ether oxygens (including phenoxy) is 3. The molecule has 8 heteroatoms. The lowest BCUT2D eigenvalue weighted by Gasteiger charge is -2.43. The molecule has 1 aliphatic carbocycles. The van der Waals surface area contributed by atoms with Gasteiger partial charge in [0, 0.05) is 25.3 Å². The Balaban J connectivity index is 2.00. The van der Waals surface area contributed by atoms with Gasteiger partial charge in [-0.2, -0.15) is 0 Å². The van der Waals surface area contributed by atoms with E-state index < -0.39 is 29.1 Å². The Morgan fingerprint density at radius 1 is 1.31 bits per heavy atom. The Morgan fingerprint density at radius 3 is 2.69 bits per heavy atom. The van der Waals surface area contributed by atoms with Crippen LogP contribution in [-0.4, -0.2) is 38.2 Å². The van der Waals surface area contributed by atoms with Crippen molar-refractivity contribution >= 4 is 23.3 Å². The fourth-order valence-electron chi connectivity index (χ4n) is 4.06. The summed E-state index contributed by atoms with van der Waals surface area (Å²) in [7, 11) is 3.10. The molecule has 0 spiro atoms. The molecule has 6 nitrogen and oxygen atoms in total. The van der Waals surface area contributed by atoms with Crippen molar-refractivity contribution in [1.29, 1.82) is 0 Å². The summed E-state index contributed by atoms with van der Waals surface area (Å²) < 4.78 is 31.3. The van der Waals surface area contributed by atoms with E-state index in [1.807, 2.05) is 12.1 Å². The molecule has 0 saturated carbocycles. The van der Waals surface area contributed by atoms with Crippen LogP contribution in [0.3, 0.4) is 0 Å². The second kappa shape index (κ2) is 8.57. The summed E-state index contributed by atoms with van der Waals surface area (Å²) in [5, 5.41) is 9.68. The zero-order valence-electron chi connectivity index (χ0n) is 16.2. The Kier molecular flexibility index (Phi) is 6.31. The molecule has 1 atom stereocenters. The number of nitrogens with two attached hydrogens (primary N) is 1. The van der Waals surface area contributed by atoms with E-state index in [-0.39, 0.29) is 18.0 Å². The molecular weight excluding hydrogens is 401 g/mol. The van der Waals surface area contributed by atoms with Crippen molar-refractivity contribution in [1.82, 2.24) is 0 Å². The van der Waals surface area contributed by atoms with Gasteiger partial charge in [-0.15, -0.1) is 0 Å². The molecule has 1 aliphatic rings. The molecule has 3 rings (SSSR count). The van der Waals surface area contributed by atoms with Crippen LogP contribution in [0.4, 0.5) is 10.1 Å². The summed E-state index contributed by atoms with van der Waals surface area (Å²) in [5.74, 6) is -2.24. The molecule has 0 saturated heterocycles. The number of methoxy groups -OCH3 is 2. The minimum absolute atomic E-state index is 0.0393. The van der Waals surface area contributed by atoms with E-state index in [1.54, 1.807) is 20.3 Å². The number of hydrogen-bond acceptors (Lipinski definition) is 5. The van der Waals surface area contributed by atoms with E-state index in [0.717, 1.165) is 36.1 Å². The van der Waals surface area contributed by atoms with Crippen LogP contribution in [0.15, 0.2) is 30.3 Å². The maximum atomic E-state index is 14.1. The number of rotatable bonds is 7. The highest BCUT2D eigenvalue weighted by Crippen LogP contribution is 2.43. The van der Waals surface area contributed by atoms with Crippen LogP contribution in [0.1, 0.15) is 34.3 Å². The lowest BCUT2D eigenvalue weighted by molar-refractivity contribution is -0.162. The first-order chi connectivity index (χ1) is 13.8. The first-order valence-electron chi connectivity index (χ1n) is 9.12. The topological polar surface area (TPSA) is 91.0 Å². The molecule has 2 aromatic rings. The number of carboxylic acid groups (broad SMARTS) is 1. The number of carboxylic acids is 1. The van der Waals surface area contributed by atoms with Crippen LogP contribution in [0.25, 0.3) is 0 Å². The first kappa shape index (κ1) is 21.4. The predicted molar refractivity (Wildman–Crippen MR) is 107 cm³/mol. The Hall–Kier alpha value is -2.35. The normalized spacial score (nSPS) is 18.5. The van der Waals surface area contributed by atoms with Gasteiger partial charge in [0.25, 0.3) is 0 Å². The number of carbonyl (C=O) groups is 1. The Morgan fingerprint density at radius 2 is 2.03 bits per heavy atom. The van der Waals surface area contributed by atoms with Crippen molar-refractivity contribution in [3.8, 4) is 5.75 Å². The van der Waals surface area contributed by atoms with Gasteiger partial charge in [-0.3, -0.25) is 0 Å². The number of halogens is 2. The van der Waals surface area contributed by atoms with E-state index in [1.165, 1.54) is 0 Å². The third-order valence-electron chi connectivity index (χ3n) is 5.37. The molecule has 0 aliphatic heterocycles. The minimum atomic E-state index is -1.39. The highest BCUT2D eigenvalue weighted by Gasteiger charge is 2.45. The summed E-state index contributed by atoms with van der Waals surface area (Å²) >= 11 is 6.17. The summed E-state index contributed by atoms with van der Waals surface area (Å²) in [6.45, 7) is 0.101. The monoisotopic (exact) mass is 423 g/mol. The van der Waals surface area contributed by atoms with Crippen LogP contribution >= 0.6 is 11.6 Å². The summed E-state index contributed by atoms with van der Waals surface area (Å²) in [5.41, 5.74) is 6.84. The molecule has 29 heavy (non-hydrogen) atoms. The molecule has 1 unspecified atom stereocenters. The molecule has 2 aromatic carbocycles. The fourth-order valence-corrected chi connectivity index (χ4v) is 4.26. The summed E-state index contributed by atoms with van der Waals surface area (Å²) in [4.78, 5) is 11.1. The lowest BCUT2D eigenvalue weighted by Crippen LogP contribution is -2.49. The van der Waals surface area contributed by atoms with Gasteiger partial charge in [0.1, 0.15) is 18.2 Å². The van der Waals surface area contributed by atoms with E-state index in [4.69, 9.17) is 36.7 Å². The largest absolute Gasteiger partial charge is 0.490 e. The maximum Gasteiger partial charge on any atom is 0.338 e. The molecular formula is C21H23ClFNO5. The zero-order chi connectivity index (χ0) is 21.2. The highest BCUT2D eigenvalue weighted by molar-refractivity contribution is 6.30. The first-order valence-corrected chi connectivity index (χ1v) is 9.50. The van der Waals surface area contributed by atoms with Gasteiger partial charge >= 0.3 is 5.97 Å². The van der Waals surface area contributed by atoms with Crippen molar-refractivity contribution in [2.75, 3.05) is 26.6 Å². The van der Waals surface area contributed by atoms with Crippen LogP contribution in [0.2, 0.25) is 5.02 Å². The molecule has 0 fully saturated rings. The third-order valence-corrected chi connectivity index (χ3v) is 5.60. The number of anilines is 1. The zero-order valence-corrected chi connectivity index (χ0v) is 17.0. The quantitative estimate of drug-likeness (QED) is 0.516. The molecule has 0 radical (unpaired) electrons. The van der Waals surface area contributed by atoms with Gasteiger partial charge in [0.2, 0.25) is 0 Å². The third kappa shape index (κ3) is 4.03. The summed E-state index contributed by atoms with van der Waals surface area (Å²) in [6.07, 6.45) is 1.82. The number of aryl methyl sites for hydroxylation is 1. The molecule has 0 amide bonds. The standard InChI is InChI=1S/C21H23ClFNO5/c1-27-20(28-2)21(7-3-4-12-8-13(22)5-6-15(12)21)11-29-18-10-16(23)14(19(25)26)9-17(18)24/h5-6,8-10,20H,3-4,7,11,24H2,1-2H3,(H,25,26). The number of hydrogen-bond donors (Lipinski definition) is 2. The summed E-state index contributed by atoms with van der Waals surface area (Å²) in [6, 6.07) is 7.70. The Bertz CT molecular complexity index is 918. The van der Waals surface area contributed by atoms with Crippen molar-refractivity contribution in [3.63, 3.8) is 0 Å². The van der Waals surface area contributed by atoms with Crippen molar-refractivity contribution in [2.24, 2.45) is 0 Å². The van der Waals surface area contributed by atoms with Crippen molar-refractivity contribution in [3.05, 3.63) is 57.9 Å². The molecule has 0 bridgehead atoms. The second-order valence-corrected chi connectivity index (χ2v) is 7.51. The van der Waals surface area contributed by atoms with Crippen LogP contribution in [0.5, 0.6) is 5.75 Å². The van der Waals surface area contributed by atoms with Gasteiger partial charge < -0.3 is 25.1 Å². The van der Waals surface area contributed by atoms with Gasteiger partial charge in [0.15, 0.2) is 6.29 Å². The molecule has 0 heterocycles. The molecule has 156 valence electrons. The number of fused-ring (bicyclic) bond motifs is 1. The minimum Gasteiger partial charge on any atom is -0.490 e. The average molecular weight is 424 g/mol. The van der Waals surface area contributed by atoms with Crippen molar-refractivity contribution in [2.45, 2.75) is 31.0 Å². The van der Waals surface area contributed by atoms with Crippen molar-refractivity contribution < 1.29 is 28.5 Å². The lowest BCUT2D eigenvalue weighted by atomic mass is 9.69. The smallest absolute Gasteiger partial charge is 0.338 e. The van der Waals surface area contributed by atoms with Crippen LogP contribution in [0, 0.1) is 5.82 Å². The number of benzene rings is 2. The Labute approximate surface area is 173 Å². The van der Waals surface area contributed by atoms with Crippen LogP contribution in [-0.2, 0) is 21.3 Å². The van der Waals surface area contributed by atoms with E-state index >= 15 is 0 Å². The van der Waals surface area contributed by atoms with Gasteiger partial charge in [-0.25, -0.2) is 9.18 Å². The molecule has 0 aromatic heterocycles. The van der Waals surface area contributed by atoms with Gasteiger partial charge in [-0.05, 0) is 48.6 Å². The van der Waals surface area contributed by atoms with E-state index in [9.17, 15) is 9.18 Å². The second-order valence-electron chi connectivity index (χ2n) is 7.08. The molecule has 3 N–H and O–H groups in total. The average Bonchev–Trinajstić information content (AvgIpc) is 2.69. The maximum absolute atomic E-state index is 14.1. The van der Waals surface area contributed by atoms with E-state index in [2.05, 4.69) is 0 Å². The van der Waals surface area contributed by atoms with Crippen LogP contribution < -0.4 is 10.5 Å². The van der Waals surface area contributed by atoms with E-state index in [0.29, 0.717) is 11.4 Å². The van der Waals surface area contributed by atoms with Gasteiger partial charge in [-0.1, -0.05) is 17.7 Å². The van der Waals surface area contributed by atoms with Gasteiger partial charge in [0.05, 0.1) is 16.7 Å².